The molecular formula is C14H11Cl2FO. The first kappa shape index (κ1) is 13.3. The van der Waals surface area contributed by atoms with Gasteiger partial charge in [-0.25, -0.2) is 4.39 Å². The number of rotatable bonds is 3. The maximum Gasteiger partial charge on any atom is 0.127 e. The third kappa shape index (κ3) is 3.02. The summed E-state index contributed by atoms with van der Waals surface area (Å²) in [6.07, 6.45) is -0.679. The van der Waals surface area contributed by atoms with Crippen molar-refractivity contribution in [2.75, 3.05) is 0 Å². The van der Waals surface area contributed by atoms with Gasteiger partial charge in [-0.2, -0.15) is 0 Å². The highest BCUT2D eigenvalue weighted by molar-refractivity contribution is 6.31. The summed E-state index contributed by atoms with van der Waals surface area (Å²) in [4.78, 5) is 0. The molecule has 0 bridgehead atoms. The van der Waals surface area contributed by atoms with Gasteiger partial charge in [0.1, 0.15) is 5.82 Å². The molecule has 0 spiro atoms. The summed E-state index contributed by atoms with van der Waals surface area (Å²) in [7, 11) is 0. The van der Waals surface area contributed by atoms with Crippen molar-refractivity contribution in [3.63, 3.8) is 0 Å². The molecule has 18 heavy (non-hydrogen) atoms. The minimum absolute atomic E-state index is 0.159. The van der Waals surface area contributed by atoms with Crippen molar-refractivity contribution in [2.24, 2.45) is 0 Å². The molecule has 0 aliphatic rings. The van der Waals surface area contributed by atoms with E-state index in [2.05, 4.69) is 0 Å². The minimum Gasteiger partial charge on any atom is -0.388 e. The van der Waals surface area contributed by atoms with Crippen LogP contribution in [-0.4, -0.2) is 5.11 Å². The molecule has 0 fully saturated rings. The number of halogens is 3. The van der Waals surface area contributed by atoms with Crippen molar-refractivity contribution in [1.29, 1.82) is 0 Å². The molecule has 0 amide bonds. The van der Waals surface area contributed by atoms with Crippen molar-refractivity contribution >= 4 is 23.2 Å². The van der Waals surface area contributed by atoms with Gasteiger partial charge < -0.3 is 5.11 Å². The molecule has 0 saturated carbocycles. The summed E-state index contributed by atoms with van der Waals surface area (Å²) in [5.41, 5.74) is 1.00. The summed E-state index contributed by atoms with van der Waals surface area (Å²) in [5, 5.41) is 10.9. The highest BCUT2D eigenvalue weighted by Crippen LogP contribution is 2.26. The van der Waals surface area contributed by atoms with E-state index in [-0.39, 0.29) is 6.42 Å². The van der Waals surface area contributed by atoms with Gasteiger partial charge in [0.2, 0.25) is 0 Å². The van der Waals surface area contributed by atoms with E-state index in [1.807, 2.05) is 0 Å². The van der Waals surface area contributed by atoms with Crippen molar-refractivity contribution in [3.05, 3.63) is 69.5 Å². The van der Waals surface area contributed by atoms with Crippen molar-refractivity contribution < 1.29 is 9.50 Å². The minimum atomic E-state index is -0.839. The number of hydrogen-bond acceptors (Lipinski definition) is 1. The van der Waals surface area contributed by atoms with Crippen LogP contribution >= 0.6 is 23.2 Å². The average molecular weight is 285 g/mol. The third-order valence-electron chi connectivity index (χ3n) is 2.69. The smallest absolute Gasteiger partial charge is 0.127 e. The van der Waals surface area contributed by atoms with Gasteiger partial charge in [0.15, 0.2) is 0 Å². The molecule has 2 aromatic rings. The summed E-state index contributed by atoms with van der Waals surface area (Å²) < 4.78 is 13.6. The summed E-state index contributed by atoms with van der Waals surface area (Å²) in [6.45, 7) is 0. The lowest BCUT2D eigenvalue weighted by Gasteiger charge is -2.13. The first-order valence-electron chi connectivity index (χ1n) is 5.44. The largest absolute Gasteiger partial charge is 0.388 e. The van der Waals surface area contributed by atoms with E-state index in [0.29, 0.717) is 21.2 Å². The van der Waals surface area contributed by atoms with Gasteiger partial charge in [-0.15, -0.1) is 0 Å². The van der Waals surface area contributed by atoms with Crippen LogP contribution in [0.5, 0.6) is 0 Å². The van der Waals surface area contributed by atoms with Gasteiger partial charge in [0.05, 0.1) is 6.10 Å². The second-order valence-electron chi connectivity index (χ2n) is 3.98. The van der Waals surface area contributed by atoms with Gasteiger partial charge in [0, 0.05) is 16.5 Å². The molecule has 94 valence electrons. The number of aliphatic hydroxyl groups is 1. The lowest BCUT2D eigenvalue weighted by molar-refractivity contribution is 0.177. The Morgan fingerprint density at radius 1 is 1.11 bits per heavy atom. The molecule has 0 saturated heterocycles. The van der Waals surface area contributed by atoms with E-state index in [1.165, 1.54) is 6.07 Å². The van der Waals surface area contributed by atoms with E-state index in [4.69, 9.17) is 23.2 Å². The zero-order valence-corrected chi connectivity index (χ0v) is 10.9. The van der Waals surface area contributed by atoms with Crippen LogP contribution in [0.4, 0.5) is 4.39 Å². The highest BCUT2D eigenvalue weighted by atomic mass is 35.5. The van der Waals surface area contributed by atoms with E-state index in [1.54, 1.807) is 36.4 Å². The molecule has 1 unspecified atom stereocenters. The molecule has 2 aromatic carbocycles. The van der Waals surface area contributed by atoms with Crippen molar-refractivity contribution in [2.45, 2.75) is 12.5 Å². The van der Waals surface area contributed by atoms with Crippen LogP contribution in [-0.2, 0) is 6.42 Å². The highest BCUT2D eigenvalue weighted by Gasteiger charge is 2.14. The molecule has 0 aliphatic carbocycles. The van der Waals surface area contributed by atoms with Gasteiger partial charge in [-0.3, -0.25) is 0 Å². The predicted octanol–water partition coefficient (Wildman–Crippen LogP) is 4.41. The van der Waals surface area contributed by atoms with Crippen LogP contribution in [0, 0.1) is 5.82 Å². The molecule has 0 heterocycles. The predicted molar refractivity (Wildman–Crippen MR) is 71.5 cm³/mol. The Hall–Kier alpha value is -1.09. The first-order valence-corrected chi connectivity index (χ1v) is 6.20. The van der Waals surface area contributed by atoms with Crippen molar-refractivity contribution in [3.8, 4) is 0 Å². The molecule has 1 N–H and O–H groups in total. The second kappa shape index (κ2) is 5.70. The first-order chi connectivity index (χ1) is 8.58. The Balaban J connectivity index is 2.21. The molecule has 1 nitrogen and oxygen atoms in total. The Morgan fingerprint density at radius 3 is 2.50 bits per heavy atom. The van der Waals surface area contributed by atoms with Crippen LogP contribution in [0.2, 0.25) is 10.0 Å². The van der Waals surface area contributed by atoms with E-state index < -0.39 is 11.9 Å². The maximum atomic E-state index is 13.6. The van der Waals surface area contributed by atoms with Crippen LogP contribution in [0.3, 0.4) is 0 Å². The summed E-state index contributed by atoms with van der Waals surface area (Å²) >= 11 is 11.6. The normalized spacial score (nSPS) is 12.4. The lowest BCUT2D eigenvalue weighted by Crippen LogP contribution is -2.04. The topological polar surface area (TPSA) is 20.2 Å². The van der Waals surface area contributed by atoms with Crippen LogP contribution in [0.15, 0.2) is 42.5 Å². The maximum absolute atomic E-state index is 13.6. The fraction of sp³-hybridized carbons (Fsp3) is 0.143. The van der Waals surface area contributed by atoms with E-state index in [9.17, 15) is 9.50 Å². The van der Waals surface area contributed by atoms with Gasteiger partial charge in [-0.05, 0) is 29.3 Å². The summed E-state index contributed by atoms with van der Waals surface area (Å²) in [5.74, 6) is -0.423. The number of aliphatic hydroxyl groups excluding tert-OH is 1. The Kier molecular flexibility index (Phi) is 4.23. The van der Waals surface area contributed by atoms with Gasteiger partial charge in [0.25, 0.3) is 0 Å². The fourth-order valence-electron chi connectivity index (χ4n) is 1.75. The second-order valence-corrected chi connectivity index (χ2v) is 4.82. The monoisotopic (exact) mass is 284 g/mol. The zero-order valence-electron chi connectivity index (χ0n) is 9.41. The Labute approximate surface area is 115 Å². The van der Waals surface area contributed by atoms with Gasteiger partial charge in [-0.1, -0.05) is 47.5 Å². The summed E-state index contributed by atoms with van der Waals surface area (Å²) in [6, 6.07) is 11.4. The van der Waals surface area contributed by atoms with E-state index >= 15 is 0 Å². The zero-order chi connectivity index (χ0) is 13.1. The molecule has 2 rings (SSSR count). The van der Waals surface area contributed by atoms with Gasteiger partial charge >= 0.3 is 0 Å². The Morgan fingerprint density at radius 2 is 1.83 bits per heavy atom. The van der Waals surface area contributed by atoms with E-state index in [0.717, 1.165) is 0 Å². The van der Waals surface area contributed by atoms with Crippen LogP contribution < -0.4 is 0 Å². The average Bonchev–Trinajstić information content (AvgIpc) is 2.33. The van der Waals surface area contributed by atoms with Crippen molar-refractivity contribution in [1.82, 2.24) is 0 Å². The number of hydrogen-bond donors (Lipinski definition) is 1. The Bertz CT molecular complexity index is 557. The SMILES string of the molecule is OC(Cc1ccc(Cl)cc1F)c1ccccc1Cl. The fourth-order valence-corrected chi connectivity index (χ4v) is 2.17. The quantitative estimate of drug-likeness (QED) is 0.885. The molecule has 0 aliphatic heterocycles. The molecule has 1 atom stereocenters. The standard InChI is InChI=1S/C14H11Cl2FO/c15-10-6-5-9(13(17)8-10)7-14(18)11-3-1-2-4-12(11)16/h1-6,8,14,18H,7H2. The molecule has 0 radical (unpaired) electrons. The molecule has 0 aromatic heterocycles. The molecular weight excluding hydrogens is 274 g/mol. The van der Waals surface area contributed by atoms with Crippen LogP contribution in [0.25, 0.3) is 0 Å². The lowest BCUT2D eigenvalue weighted by atomic mass is 10.0. The number of benzene rings is 2. The van der Waals surface area contributed by atoms with Crippen LogP contribution in [0.1, 0.15) is 17.2 Å². The molecule has 4 heteroatoms. The third-order valence-corrected chi connectivity index (χ3v) is 3.27.